The molecule has 0 bridgehead atoms. The summed E-state index contributed by atoms with van der Waals surface area (Å²) in [6.07, 6.45) is 1.15. The average Bonchev–Trinajstić information content (AvgIpc) is 2.53. The van der Waals surface area contributed by atoms with Gasteiger partial charge in [0.25, 0.3) is 0 Å². The lowest BCUT2D eigenvalue weighted by atomic mass is 9.82. The van der Waals surface area contributed by atoms with Crippen molar-refractivity contribution in [2.75, 3.05) is 6.54 Å². The van der Waals surface area contributed by atoms with E-state index in [1.54, 1.807) is 12.1 Å². The summed E-state index contributed by atoms with van der Waals surface area (Å²) >= 11 is 5.94. The van der Waals surface area contributed by atoms with Gasteiger partial charge in [-0.25, -0.2) is 0 Å². The van der Waals surface area contributed by atoms with Gasteiger partial charge in [0, 0.05) is 17.6 Å². The van der Waals surface area contributed by atoms with Crippen molar-refractivity contribution in [2.24, 2.45) is 11.5 Å². The minimum atomic E-state index is -1.08. The highest BCUT2D eigenvalue weighted by Gasteiger charge is 2.31. The first-order valence-electron chi connectivity index (χ1n) is 7.06. The molecule has 0 heterocycles. The van der Waals surface area contributed by atoms with Gasteiger partial charge in [-0.05, 0) is 36.1 Å². The first-order valence-corrected chi connectivity index (χ1v) is 7.43. The van der Waals surface area contributed by atoms with E-state index in [2.05, 4.69) is 0 Å². The Bertz CT molecular complexity index is 559. The minimum absolute atomic E-state index is 0.118. The highest BCUT2D eigenvalue weighted by molar-refractivity contribution is 6.30. The van der Waals surface area contributed by atoms with Gasteiger partial charge in [0.2, 0.25) is 0 Å². The minimum Gasteiger partial charge on any atom is -0.380 e. The zero-order valence-electron chi connectivity index (χ0n) is 11.9. The number of hydrogen-bond acceptors (Lipinski definition) is 3. The topological polar surface area (TPSA) is 72.3 Å². The molecule has 2 aromatic carbocycles. The van der Waals surface area contributed by atoms with E-state index < -0.39 is 5.60 Å². The smallest absolute Gasteiger partial charge is 0.115 e. The van der Waals surface area contributed by atoms with Crippen LogP contribution < -0.4 is 11.5 Å². The number of nitrogens with two attached hydrogens (primary N) is 2. The Labute approximate surface area is 130 Å². The van der Waals surface area contributed by atoms with Crippen LogP contribution in [0.4, 0.5) is 0 Å². The summed E-state index contributed by atoms with van der Waals surface area (Å²) < 4.78 is 0. The van der Waals surface area contributed by atoms with Crippen LogP contribution in [0.25, 0.3) is 0 Å². The highest BCUT2D eigenvalue weighted by atomic mass is 35.5. The first-order chi connectivity index (χ1) is 10.1. The number of benzene rings is 2. The molecule has 112 valence electrons. The average molecular weight is 305 g/mol. The van der Waals surface area contributed by atoms with Crippen molar-refractivity contribution in [3.05, 3.63) is 70.7 Å². The van der Waals surface area contributed by atoms with Crippen LogP contribution in [0, 0.1) is 0 Å². The zero-order valence-corrected chi connectivity index (χ0v) is 12.6. The molecule has 21 heavy (non-hydrogen) atoms. The molecule has 2 aromatic rings. The summed E-state index contributed by atoms with van der Waals surface area (Å²) in [5.74, 6) is 0. The molecule has 0 radical (unpaired) electrons. The van der Waals surface area contributed by atoms with Crippen molar-refractivity contribution in [3.8, 4) is 0 Å². The molecule has 2 unspecified atom stereocenters. The Kier molecular flexibility index (Phi) is 5.37. The van der Waals surface area contributed by atoms with Gasteiger partial charge in [0.15, 0.2) is 0 Å². The van der Waals surface area contributed by atoms with Crippen LogP contribution in [-0.4, -0.2) is 17.7 Å². The molecule has 5 N–H and O–H groups in total. The summed E-state index contributed by atoms with van der Waals surface area (Å²) in [6, 6.07) is 16.8. The zero-order chi connectivity index (χ0) is 15.3. The van der Waals surface area contributed by atoms with Crippen molar-refractivity contribution in [3.63, 3.8) is 0 Å². The standard InChI is InChI=1S/C17H21ClN2O/c18-15-8-6-14(7-9-15)17(21,11-10-16(20)12-19)13-4-2-1-3-5-13/h1-9,16,21H,10-12,19-20H2. The third-order valence-corrected chi connectivity index (χ3v) is 4.00. The van der Waals surface area contributed by atoms with E-state index in [0.717, 1.165) is 11.1 Å². The lowest BCUT2D eigenvalue weighted by molar-refractivity contribution is 0.0668. The molecular formula is C17H21ClN2O. The second kappa shape index (κ2) is 7.05. The maximum Gasteiger partial charge on any atom is 0.115 e. The lowest BCUT2D eigenvalue weighted by Crippen LogP contribution is -2.34. The Morgan fingerprint density at radius 3 is 2.14 bits per heavy atom. The quantitative estimate of drug-likeness (QED) is 0.768. The van der Waals surface area contributed by atoms with Gasteiger partial charge >= 0.3 is 0 Å². The summed E-state index contributed by atoms with van der Waals surface area (Å²) in [5.41, 5.74) is 12.0. The number of aliphatic hydroxyl groups is 1. The van der Waals surface area contributed by atoms with Gasteiger partial charge in [0.1, 0.15) is 5.60 Å². The fourth-order valence-corrected chi connectivity index (χ4v) is 2.53. The molecule has 0 amide bonds. The second-order valence-corrected chi connectivity index (χ2v) is 5.70. The number of rotatable bonds is 6. The van der Waals surface area contributed by atoms with E-state index in [0.29, 0.717) is 24.4 Å². The van der Waals surface area contributed by atoms with Gasteiger partial charge in [0.05, 0.1) is 0 Å². The monoisotopic (exact) mass is 304 g/mol. The Morgan fingerprint density at radius 1 is 1.00 bits per heavy atom. The summed E-state index contributed by atoms with van der Waals surface area (Å²) in [5, 5.41) is 11.9. The van der Waals surface area contributed by atoms with Crippen molar-refractivity contribution >= 4 is 11.6 Å². The van der Waals surface area contributed by atoms with E-state index in [4.69, 9.17) is 23.1 Å². The Morgan fingerprint density at radius 2 is 1.57 bits per heavy atom. The van der Waals surface area contributed by atoms with Crippen LogP contribution in [0.2, 0.25) is 5.02 Å². The third kappa shape index (κ3) is 3.83. The predicted octanol–water partition coefficient (Wildman–Crippen LogP) is 2.64. The molecule has 0 saturated heterocycles. The van der Waals surface area contributed by atoms with E-state index in [-0.39, 0.29) is 6.04 Å². The van der Waals surface area contributed by atoms with Gasteiger partial charge in [-0.3, -0.25) is 0 Å². The summed E-state index contributed by atoms with van der Waals surface area (Å²) in [4.78, 5) is 0. The maximum absolute atomic E-state index is 11.2. The fraction of sp³-hybridized carbons (Fsp3) is 0.294. The number of hydrogen-bond donors (Lipinski definition) is 3. The molecule has 4 heteroatoms. The van der Waals surface area contributed by atoms with Crippen molar-refractivity contribution in [2.45, 2.75) is 24.5 Å². The van der Waals surface area contributed by atoms with Crippen molar-refractivity contribution in [1.82, 2.24) is 0 Å². The van der Waals surface area contributed by atoms with Crippen LogP contribution in [0.5, 0.6) is 0 Å². The van der Waals surface area contributed by atoms with E-state index >= 15 is 0 Å². The Hall–Kier alpha value is -1.39. The van der Waals surface area contributed by atoms with Crippen LogP contribution in [-0.2, 0) is 5.60 Å². The molecule has 0 fully saturated rings. The molecule has 0 aliphatic rings. The fourth-order valence-electron chi connectivity index (χ4n) is 2.41. The van der Waals surface area contributed by atoms with Gasteiger partial charge in [-0.2, -0.15) is 0 Å². The summed E-state index contributed by atoms with van der Waals surface area (Å²) in [7, 11) is 0. The van der Waals surface area contributed by atoms with Crippen LogP contribution in [0.1, 0.15) is 24.0 Å². The Balaban J connectivity index is 2.36. The third-order valence-electron chi connectivity index (χ3n) is 3.75. The second-order valence-electron chi connectivity index (χ2n) is 5.27. The predicted molar refractivity (Wildman–Crippen MR) is 87.2 cm³/mol. The van der Waals surface area contributed by atoms with Crippen LogP contribution in [0.3, 0.4) is 0 Å². The van der Waals surface area contributed by atoms with E-state index in [9.17, 15) is 5.11 Å². The largest absolute Gasteiger partial charge is 0.380 e. The molecule has 3 nitrogen and oxygen atoms in total. The molecule has 2 rings (SSSR count). The van der Waals surface area contributed by atoms with E-state index in [1.807, 2.05) is 42.5 Å². The summed E-state index contributed by atoms with van der Waals surface area (Å²) in [6.45, 7) is 0.408. The normalized spacial score (nSPS) is 15.4. The lowest BCUT2D eigenvalue weighted by Gasteiger charge is -2.30. The number of halogens is 1. The SMILES string of the molecule is NCC(N)CCC(O)(c1ccccc1)c1ccc(Cl)cc1. The van der Waals surface area contributed by atoms with E-state index in [1.165, 1.54) is 0 Å². The highest BCUT2D eigenvalue weighted by Crippen LogP contribution is 2.34. The molecule has 0 saturated carbocycles. The first kappa shape index (κ1) is 16.0. The van der Waals surface area contributed by atoms with Crippen LogP contribution >= 0.6 is 11.6 Å². The molecule has 0 aliphatic heterocycles. The van der Waals surface area contributed by atoms with Crippen molar-refractivity contribution < 1.29 is 5.11 Å². The van der Waals surface area contributed by atoms with Crippen LogP contribution in [0.15, 0.2) is 54.6 Å². The molecule has 0 spiro atoms. The van der Waals surface area contributed by atoms with Gasteiger partial charge in [-0.15, -0.1) is 0 Å². The van der Waals surface area contributed by atoms with Gasteiger partial charge in [-0.1, -0.05) is 54.1 Å². The van der Waals surface area contributed by atoms with Crippen molar-refractivity contribution in [1.29, 1.82) is 0 Å². The molecule has 2 atom stereocenters. The maximum atomic E-state index is 11.2. The molecule has 0 aliphatic carbocycles. The molecule has 0 aromatic heterocycles. The molecular weight excluding hydrogens is 284 g/mol. The van der Waals surface area contributed by atoms with Gasteiger partial charge < -0.3 is 16.6 Å².